The lowest BCUT2D eigenvalue weighted by atomic mass is 9.97. The Morgan fingerprint density at radius 1 is 1.20 bits per heavy atom. The van der Waals surface area contributed by atoms with E-state index >= 15 is 0 Å². The van der Waals surface area contributed by atoms with E-state index in [-0.39, 0.29) is 0 Å². The first-order chi connectivity index (χ1) is 7.26. The summed E-state index contributed by atoms with van der Waals surface area (Å²) >= 11 is 0. The molecule has 0 spiro atoms. The van der Waals surface area contributed by atoms with Gasteiger partial charge in [0.1, 0.15) is 11.5 Å². The van der Waals surface area contributed by atoms with Gasteiger partial charge >= 0.3 is 0 Å². The molecule has 0 radical (unpaired) electrons. The summed E-state index contributed by atoms with van der Waals surface area (Å²) < 4.78 is 10.7. The fourth-order valence-electron chi connectivity index (χ4n) is 2.05. The minimum Gasteiger partial charge on any atom is -0.496 e. The van der Waals surface area contributed by atoms with E-state index in [1.165, 1.54) is 5.56 Å². The molecule has 0 amide bonds. The number of anilines is 1. The van der Waals surface area contributed by atoms with Crippen LogP contribution in [-0.4, -0.2) is 20.3 Å². The third-order valence-electron chi connectivity index (χ3n) is 2.89. The maximum absolute atomic E-state index is 5.35. The molecule has 82 valence electrons. The van der Waals surface area contributed by atoms with Crippen molar-refractivity contribution in [2.75, 3.05) is 19.5 Å². The standard InChI is InChI=1S/C12H17NO2/c1-8-4-5-9-10(14-2)6-7-11(15-3)12(9)13-8/h6-8,13H,4-5H2,1-3H3. The third kappa shape index (κ3) is 1.74. The minimum absolute atomic E-state index is 0.499. The minimum atomic E-state index is 0.499. The Morgan fingerprint density at radius 3 is 2.53 bits per heavy atom. The molecule has 0 aliphatic carbocycles. The predicted molar refractivity (Wildman–Crippen MR) is 61.0 cm³/mol. The number of fused-ring (bicyclic) bond motifs is 1. The van der Waals surface area contributed by atoms with Gasteiger partial charge in [0.05, 0.1) is 19.9 Å². The topological polar surface area (TPSA) is 30.5 Å². The Labute approximate surface area is 90.4 Å². The summed E-state index contributed by atoms with van der Waals surface area (Å²) in [5, 5.41) is 3.45. The zero-order valence-corrected chi connectivity index (χ0v) is 9.46. The number of benzene rings is 1. The molecule has 1 unspecified atom stereocenters. The summed E-state index contributed by atoms with van der Waals surface area (Å²) in [6.07, 6.45) is 2.18. The molecule has 1 N–H and O–H groups in total. The van der Waals surface area contributed by atoms with Crippen molar-refractivity contribution in [1.82, 2.24) is 0 Å². The van der Waals surface area contributed by atoms with Crippen LogP contribution >= 0.6 is 0 Å². The van der Waals surface area contributed by atoms with Crippen LogP contribution in [-0.2, 0) is 6.42 Å². The van der Waals surface area contributed by atoms with Crippen molar-refractivity contribution in [2.24, 2.45) is 0 Å². The first-order valence-electron chi connectivity index (χ1n) is 5.26. The Balaban J connectivity index is 2.48. The van der Waals surface area contributed by atoms with Gasteiger partial charge < -0.3 is 14.8 Å². The van der Waals surface area contributed by atoms with Crippen molar-refractivity contribution in [2.45, 2.75) is 25.8 Å². The van der Waals surface area contributed by atoms with Crippen molar-refractivity contribution >= 4 is 5.69 Å². The van der Waals surface area contributed by atoms with Gasteiger partial charge in [-0.05, 0) is 31.9 Å². The highest BCUT2D eigenvalue weighted by Gasteiger charge is 2.21. The van der Waals surface area contributed by atoms with Crippen LogP contribution in [0, 0.1) is 0 Å². The number of methoxy groups -OCH3 is 2. The van der Waals surface area contributed by atoms with Gasteiger partial charge in [-0.15, -0.1) is 0 Å². The number of ether oxygens (including phenoxy) is 2. The average molecular weight is 207 g/mol. The van der Waals surface area contributed by atoms with Crippen molar-refractivity contribution in [3.63, 3.8) is 0 Å². The van der Waals surface area contributed by atoms with Gasteiger partial charge in [0.15, 0.2) is 0 Å². The van der Waals surface area contributed by atoms with Crippen molar-refractivity contribution < 1.29 is 9.47 Å². The maximum atomic E-state index is 5.35. The Bertz CT molecular complexity index is 363. The second kappa shape index (κ2) is 4.01. The van der Waals surface area contributed by atoms with Crippen molar-refractivity contribution in [3.8, 4) is 11.5 Å². The molecule has 0 saturated carbocycles. The van der Waals surface area contributed by atoms with E-state index in [9.17, 15) is 0 Å². The normalized spacial score (nSPS) is 19.0. The molecule has 0 aromatic heterocycles. The highest BCUT2D eigenvalue weighted by Crippen LogP contribution is 2.39. The summed E-state index contributed by atoms with van der Waals surface area (Å²) in [6, 6.07) is 4.41. The summed E-state index contributed by atoms with van der Waals surface area (Å²) in [4.78, 5) is 0. The second-order valence-corrected chi connectivity index (χ2v) is 3.91. The van der Waals surface area contributed by atoms with Crippen molar-refractivity contribution in [3.05, 3.63) is 17.7 Å². The largest absolute Gasteiger partial charge is 0.496 e. The van der Waals surface area contributed by atoms with E-state index in [0.717, 1.165) is 30.0 Å². The molecular formula is C12H17NO2. The van der Waals surface area contributed by atoms with Crippen LogP contribution in [0.25, 0.3) is 0 Å². The van der Waals surface area contributed by atoms with E-state index in [4.69, 9.17) is 9.47 Å². The first kappa shape index (κ1) is 10.1. The molecule has 1 atom stereocenters. The highest BCUT2D eigenvalue weighted by molar-refractivity contribution is 5.68. The van der Waals surface area contributed by atoms with Crippen LogP contribution in [0.2, 0.25) is 0 Å². The zero-order chi connectivity index (χ0) is 10.8. The Hall–Kier alpha value is -1.38. The predicted octanol–water partition coefficient (Wildman–Crippen LogP) is 2.45. The van der Waals surface area contributed by atoms with E-state index in [1.807, 2.05) is 12.1 Å². The van der Waals surface area contributed by atoms with Crippen LogP contribution in [0.4, 0.5) is 5.69 Å². The summed E-state index contributed by atoms with van der Waals surface area (Å²) in [5.74, 6) is 1.85. The second-order valence-electron chi connectivity index (χ2n) is 3.91. The molecule has 15 heavy (non-hydrogen) atoms. The van der Waals surface area contributed by atoms with Crippen LogP contribution in [0.3, 0.4) is 0 Å². The monoisotopic (exact) mass is 207 g/mol. The maximum Gasteiger partial charge on any atom is 0.142 e. The summed E-state index contributed by atoms with van der Waals surface area (Å²) in [7, 11) is 3.41. The third-order valence-corrected chi connectivity index (χ3v) is 2.89. The molecule has 1 aliphatic heterocycles. The van der Waals surface area contributed by atoms with Gasteiger partial charge in [-0.1, -0.05) is 0 Å². The van der Waals surface area contributed by atoms with Crippen molar-refractivity contribution in [1.29, 1.82) is 0 Å². The molecule has 3 nitrogen and oxygen atoms in total. The van der Waals surface area contributed by atoms with Gasteiger partial charge in [-0.2, -0.15) is 0 Å². The average Bonchev–Trinajstić information content (AvgIpc) is 2.27. The fraction of sp³-hybridized carbons (Fsp3) is 0.500. The molecule has 1 aliphatic rings. The van der Waals surface area contributed by atoms with E-state index in [0.29, 0.717) is 6.04 Å². The highest BCUT2D eigenvalue weighted by atomic mass is 16.5. The number of nitrogens with one attached hydrogen (secondary N) is 1. The molecule has 2 rings (SSSR count). The Kier molecular flexibility index (Phi) is 2.71. The number of rotatable bonds is 2. The lowest BCUT2D eigenvalue weighted by Gasteiger charge is -2.27. The molecule has 1 aromatic carbocycles. The van der Waals surface area contributed by atoms with Gasteiger partial charge in [-0.25, -0.2) is 0 Å². The first-order valence-corrected chi connectivity index (χ1v) is 5.26. The molecule has 0 saturated heterocycles. The molecule has 1 aromatic rings. The molecule has 0 bridgehead atoms. The zero-order valence-electron chi connectivity index (χ0n) is 9.46. The van der Waals surface area contributed by atoms with Gasteiger partial charge in [-0.3, -0.25) is 0 Å². The van der Waals surface area contributed by atoms with Gasteiger partial charge in [0, 0.05) is 11.6 Å². The number of hydrogen-bond donors (Lipinski definition) is 1. The van der Waals surface area contributed by atoms with Crippen LogP contribution < -0.4 is 14.8 Å². The molecule has 3 heteroatoms. The molecule has 0 fully saturated rings. The SMILES string of the molecule is COc1ccc(OC)c2c1CCC(C)N2. The molecular weight excluding hydrogens is 190 g/mol. The quantitative estimate of drug-likeness (QED) is 0.808. The van der Waals surface area contributed by atoms with Crippen LogP contribution in [0.1, 0.15) is 18.9 Å². The van der Waals surface area contributed by atoms with Crippen LogP contribution in [0.15, 0.2) is 12.1 Å². The van der Waals surface area contributed by atoms with E-state index in [2.05, 4.69) is 12.2 Å². The van der Waals surface area contributed by atoms with Gasteiger partial charge in [0.2, 0.25) is 0 Å². The van der Waals surface area contributed by atoms with E-state index in [1.54, 1.807) is 14.2 Å². The molecule has 1 heterocycles. The lowest BCUT2D eigenvalue weighted by Crippen LogP contribution is -2.22. The lowest BCUT2D eigenvalue weighted by molar-refractivity contribution is 0.396. The smallest absolute Gasteiger partial charge is 0.142 e. The van der Waals surface area contributed by atoms with E-state index < -0.39 is 0 Å². The fourth-order valence-corrected chi connectivity index (χ4v) is 2.05. The summed E-state index contributed by atoms with van der Waals surface area (Å²) in [6.45, 7) is 2.18. The number of hydrogen-bond acceptors (Lipinski definition) is 3. The van der Waals surface area contributed by atoms with Gasteiger partial charge in [0.25, 0.3) is 0 Å². The summed E-state index contributed by atoms with van der Waals surface area (Å²) in [5.41, 5.74) is 2.32. The van der Waals surface area contributed by atoms with Crippen LogP contribution in [0.5, 0.6) is 11.5 Å². The Morgan fingerprint density at radius 2 is 1.87 bits per heavy atom.